The van der Waals surface area contributed by atoms with Crippen molar-refractivity contribution in [2.45, 2.75) is 69.8 Å². The van der Waals surface area contributed by atoms with Gasteiger partial charge in [-0.15, -0.1) is 0 Å². The first-order chi connectivity index (χ1) is 25.5. The molecule has 1 amide bonds. The normalized spacial score (nSPS) is 21.4. The summed E-state index contributed by atoms with van der Waals surface area (Å²) in [5.74, 6) is 3.24. The molecule has 0 bridgehead atoms. The number of benzene rings is 3. The zero-order valence-electron chi connectivity index (χ0n) is 29.9. The van der Waals surface area contributed by atoms with Crippen LogP contribution >= 0.6 is 4.00 Å². The number of nitrogens with zero attached hydrogens (tertiary/aromatic N) is 6. The maximum atomic E-state index is 17.2. The van der Waals surface area contributed by atoms with Crippen LogP contribution in [0.15, 0.2) is 48.5 Å². The van der Waals surface area contributed by atoms with Crippen molar-refractivity contribution in [1.82, 2.24) is 19.8 Å². The number of anilines is 1. The molecule has 0 radical (unpaired) electrons. The number of aromatic nitrogens is 2. The van der Waals surface area contributed by atoms with Crippen molar-refractivity contribution in [3.05, 3.63) is 59.9 Å². The molecule has 3 saturated heterocycles. The second-order valence-electron chi connectivity index (χ2n) is 14.9. The molecule has 0 unspecified atom stereocenters. The molecule has 53 heavy (non-hydrogen) atoms. The molecule has 3 aliphatic rings. The van der Waals surface area contributed by atoms with E-state index in [4.69, 9.17) is 31.2 Å². The molecule has 4 aromatic rings. The van der Waals surface area contributed by atoms with Gasteiger partial charge in [0, 0.05) is 19.5 Å². The number of carbonyl (C=O) groups excluding carboxylic acids is 1. The van der Waals surface area contributed by atoms with E-state index in [-0.39, 0.29) is 37.6 Å². The summed E-state index contributed by atoms with van der Waals surface area (Å²) in [6, 6.07) is 17.0. The average Bonchev–Trinajstić information content (AvgIpc) is 3.66. The number of piperazine rings is 1. The molecule has 0 aliphatic carbocycles. The van der Waals surface area contributed by atoms with E-state index < -0.39 is 58.4 Å². The average molecular weight is 945 g/mol. The van der Waals surface area contributed by atoms with Crippen LogP contribution < -0.4 is 9.64 Å². The summed E-state index contributed by atoms with van der Waals surface area (Å²) in [6.07, 6.45) is 0.783. The Balaban J connectivity index is 1.33. The Kier molecular flexibility index (Phi) is 11.2. The topological polar surface area (TPSA) is 94.8 Å². The van der Waals surface area contributed by atoms with Crippen molar-refractivity contribution < 1.29 is 23.0 Å². The van der Waals surface area contributed by atoms with E-state index in [0.717, 1.165) is 39.7 Å². The van der Waals surface area contributed by atoms with Crippen molar-refractivity contribution in [2.75, 3.05) is 44.2 Å². The molecule has 14 heteroatoms. The van der Waals surface area contributed by atoms with E-state index in [1.54, 1.807) is 31.7 Å². The monoisotopic (exact) mass is 945 g/mol. The molecule has 3 aliphatic heterocycles. The number of halogens is 2. The molecule has 270 valence electrons. The van der Waals surface area contributed by atoms with Crippen molar-refractivity contribution >= 4 is 72.5 Å². The van der Waals surface area contributed by atoms with Crippen LogP contribution in [0.3, 0.4) is 0 Å². The zero-order chi connectivity index (χ0) is 37.3. The van der Waals surface area contributed by atoms with E-state index >= 15 is 4.39 Å². The molecule has 3 atom stereocenters. The van der Waals surface area contributed by atoms with Gasteiger partial charge in [0.25, 0.3) is 0 Å². The molecule has 0 N–H and O–H groups in total. The number of hydrogen-bond donors (Lipinski definition) is 0. The Hall–Kier alpha value is -3.43. The van der Waals surface area contributed by atoms with Crippen LogP contribution in [0, 0.1) is 26.5 Å². The van der Waals surface area contributed by atoms with Crippen molar-refractivity contribution in [3.8, 4) is 32.6 Å². The number of amides is 1. The molecule has 9 nitrogen and oxygen atoms in total. The third kappa shape index (κ3) is 7.89. The number of ether oxygens (including phenoxy) is 2. The maximum absolute atomic E-state index is 17.2. The summed E-state index contributed by atoms with van der Waals surface area (Å²) < 4.78 is 48.1. The Morgan fingerprint density at radius 2 is 1.92 bits per heavy atom. The van der Waals surface area contributed by atoms with Gasteiger partial charge in [0.1, 0.15) is 11.8 Å². The molecular weight excluding hydrogens is 906 g/mol. The molecule has 3 aromatic carbocycles. The first-order valence-corrected chi connectivity index (χ1v) is 28.1. The van der Waals surface area contributed by atoms with Crippen molar-refractivity contribution in [2.24, 2.45) is 0 Å². The summed E-state index contributed by atoms with van der Waals surface area (Å²) in [5, 5.41) is 12.0. The minimum absolute atomic E-state index is 0.00140. The van der Waals surface area contributed by atoms with Gasteiger partial charge in [0.15, 0.2) is 0 Å². The number of nitriles is 1. The smallest absolute Gasteiger partial charge is 0.198 e. The summed E-state index contributed by atoms with van der Waals surface area (Å²) in [5.41, 5.74) is 0.828. The molecule has 1 aromatic heterocycles. The third-order valence-corrected chi connectivity index (χ3v) is 16.6. The summed E-state index contributed by atoms with van der Waals surface area (Å²) >= 11 is 3.81. The van der Waals surface area contributed by atoms with Gasteiger partial charge in [-0.2, -0.15) is 5.26 Å². The predicted octanol–water partition coefficient (Wildman–Crippen LogP) is 7.22. The first kappa shape index (κ1) is 37.9. The van der Waals surface area contributed by atoms with Crippen molar-refractivity contribution in [3.63, 3.8) is 0 Å². The minimum atomic E-state index is -1.35. The van der Waals surface area contributed by atoms with Gasteiger partial charge in [0.2, 0.25) is 0 Å². The number of carbonyl (C=O) groups is 1. The van der Waals surface area contributed by atoms with Gasteiger partial charge in [-0.25, -0.2) is 9.18 Å². The van der Waals surface area contributed by atoms with Crippen LogP contribution in [0.1, 0.15) is 52.0 Å². The first-order valence-electron chi connectivity index (χ1n) is 17.8. The SMILES string of the molecule is CC(C)(C)OC(=O)N1CCN(c2nc(OC[C@@]34CCCN3C[C@H](F)C4)nc3c(F)c(-c4cccc5cccc(C#[C][Tl]=[P+]=S)c45)ccc23)C[C@@H]1CC#N. The van der Waals surface area contributed by atoms with E-state index in [1.807, 2.05) is 47.4 Å². The van der Waals surface area contributed by atoms with Crippen LogP contribution in [0.5, 0.6) is 6.01 Å². The Morgan fingerprint density at radius 3 is 2.70 bits per heavy atom. The van der Waals surface area contributed by atoms with Gasteiger partial charge in [0.05, 0.1) is 24.1 Å². The Bertz CT molecular complexity index is 2240. The second kappa shape index (κ2) is 15.7. The number of fused-ring (bicyclic) bond motifs is 3. The molecule has 4 heterocycles. The fourth-order valence-corrected chi connectivity index (χ4v) is 11.5. The molecule has 0 saturated carbocycles. The fourth-order valence-electron chi connectivity index (χ4n) is 7.98. The third-order valence-electron chi connectivity index (χ3n) is 10.3. The Morgan fingerprint density at radius 1 is 1.11 bits per heavy atom. The van der Waals surface area contributed by atoms with Gasteiger partial charge >= 0.3 is 203 Å². The van der Waals surface area contributed by atoms with Crippen LogP contribution in [-0.4, -0.2) is 112 Å². The van der Waals surface area contributed by atoms with Crippen molar-refractivity contribution in [1.29, 1.82) is 5.26 Å². The van der Waals surface area contributed by atoms with Crippen LogP contribution in [-0.2, 0) is 16.5 Å². The molecule has 0 spiro atoms. The molecular formula is C39H39F2N6O3PSTl+. The zero-order valence-corrected chi connectivity index (χ0v) is 36.1. The summed E-state index contributed by atoms with van der Waals surface area (Å²) in [6.45, 7) is 7.68. The number of rotatable bonds is 6. The summed E-state index contributed by atoms with van der Waals surface area (Å²) in [7, 11) is 0. The quantitative estimate of drug-likeness (QED) is 0.113. The fraction of sp³-hybridized carbons (Fsp3) is 0.436. The second-order valence-corrected chi connectivity index (χ2v) is 27.5. The van der Waals surface area contributed by atoms with Gasteiger partial charge in [-0.3, -0.25) is 4.90 Å². The number of hydrogen-bond acceptors (Lipinski definition) is 9. The summed E-state index contributed by atoms with van der Waals surface area (Å²) in [4.78, 5) is 28.4. The number of alkyl halides is 1. The molecule has 7 rings (SSSR count). The van der Waals surface area contributed by atoms with E-state index in [2.05, 4.69) is 20.4 Å². The van der Waals surface area contributed by atoms with Crippen LogP contribution in [0.25, 0.3) is 32.8 Å². The van der Waals surface area contributed by atoms with Crippen LogP contribution in [0.4, 0.5) is 19.4 Å². The minimum Gasteiger partial charge on any atom is -0.198 e. The van der Waals surface area contributed by atoms with Crippen LogP contribution in [0.2, 0.25) is 0 Å². The Labute approximate surface area is 325 Å². The predicted molar refractivity (Wildman–Crippen MR) is 207 cm³/mol. The van der Waals surface area contributed by atoms with E-state index in [9.17, 15) is 14.4 Å². The van der Waals surface area contributed by atoms with Gasteiger partial charge in [-0.1, -0.05) is 0 Å². The van der Waals surface area contributed by atoms with E-state index in [1.165, 1.54) is 0 Å². The van der Waals surface area contributed by atoms with Gasteiger partial charge < -0.3 is 9.64 Å². The standard InChI is InChI=1S/C39H39F2N6O3.PS.Tl/c1-5-25-9-6-10-26-11-7-12-29(32(25)26)30-13-14-31-34(33(30)41)43-36(49-24-39-16-8-18-46(39)22-27(40)21-39)44-35(31)45-19-20-47(28(23-45)15-17-42)37(48)50-38(2,3)4;1-2;/h6-7,9-14,27-28H,8,15-16,18-24H2,2-4H3;;/q;-1;+2/t27-,28+,39+;;/m1../s1. The van der Waals surface area contributed by atoms with Gasteiger partial charge in [-0.05, 0) is 40.2 Å². The molecule has 3 fully saturated rings. The van der Waals surface area contributed by atoms with E-state index in [0.29, 0.717) is 41.8 Å².